The number of para-hydroxylation sites is 2. The number of benzene rings is 2. The molecule has 1 saturated heterocycles. The van der Waals surface area contributed by atoms with Crippen molar-refractivity contribution in [2.75, 3.05) is 38.3 Å². The third-order valence-corrected chi connectivity index (χ3v) is 4.78. The largest absolute Gasteiger partial charge is 0.493 e. The molecule has 2 aromatic rings. The first-order valence-corrected chi connectivity index (χ1v) is 9.70. The lowest BCUT2D eigenvalue weighted by atomic mass is 10.1. The molecule has 150 valence electrons. The van der Waals surface area contributed by atoms with Gasteiger partial charge in [-0.1, -0.05) is 31.2 Å². The van der Waals surface area contributed by atoms with Gasteiger partial charge >= 0.3 is 0 Å². The van der Waals surface area contributed by atoms with Crippen molar-refractivity contribution >= 4 is 11.6 Å². The van der Waals surface area contributed by atoms with E-state index < -0.39 is 6.10 Å². The first-order valence-electron chi connectivity index (χ1n) is 9.70. The molecule has 1 heterocycles. The second-order valence-electron chi connectivity index (χ2n) is 6.65. The lowest BCUT2D eigenvalue weighted by Crippen LogP contribution is -2.37. The van der Waals surface area contributed by atoms with Crippen LogP contribution in [-0.4, -0.2) is 45.4 Å². The van der Waals surface area contributed by atoms with E-state index in [4.69, 9.17) is 14.2 Å². The summed E-state index contributed by atoms with van der Waals surface area (Å²) in [6.45, 7) is 5.75. The number of nitrogens with zero attached hydrogens (tertiary/aromatic N) is 1. The van der Waals surface area contributed by atoms with Gasteiger partial charge in [-0.05, 0) is 36.2 Å². The Kier molecular flexibility index (Phi) is 7.14. The Labute approximate surface area is 166 Å². The molecule has 1 atom stereocenters. The van der Waals surface area contributed by atoms with Crippen LogP contribution in [0.1, 0.15) is 18.9 Å². The van der Waals surface area contributed by atoms with Crippen LogP contribution in [0.25, 0.3) is 0 Å². The molecule has 3 rings (SSSR count). The lowest BCUT2D eigenvalue weighted by Gasteiger charge is -2.29. The van der Waals surface area contributed by atoms with E-state index in [1.807, 2.05) is 37.3 Å². The molecular weight excluding hydrogens is 356 g/mol. The Morgan fingerprint density at radius 3 is 2.43 bits per heavy atom. The molecular formula is C22H28N2O4. The monoisotopic (exact) mass is 384 g/mol. The topological polar surface area (TPSA) is 60.0 Å². The molecule has 0 unspecified atom stereocenters. The highest BCUT2D eigenvalue weighted by molar-refractivity contribution is 5.81. The quantitative estimate of drug-likeness (QED) is 0.758. The number of rotatable bonds is 8. The highest BCUT2D eigenvalue weighted by Gasteiger charge is 2.19. The predicted octanol–water partition coefficient (Wildman–Crippen LogP) is 3.01. The van der Waals surface area contributed by atoms with Gasteiger partial charge in [-0.25, -0.2) is 0 Å². The maximum Gasteiger partial charge on any atom is 0.261 e. The molecule has 0 radical (unpaired) electrons. The van der Waals surface area contributed by atoms with Crippen molar-refractivity contribution in [3.63, 3.8) is 0 Å². The number of carbonyl (C=O) groups excluding carboxylic acids is 1. The zero-order valence-corrected chi connectivity index (χ0v) is 16.5. The van der Waals surface area contributed by atoms with Crippen LogP contribution >= 0.6 is 0 Å². The van der Waals surface area contributed by atoms with Crippen LogP contribution in [0.2, 0.25) is 0 Å². The number of methoxy groups -OCH3 is 1. The number of nitrogens with one attached hydrogen (secondary N) is 1. The van der Waals surface area contributed by atoms with Gasteiger partial charge < -0.3 is 24.4 Å². The second-order valence-corrected chi connectivity index (χ2v) is 6.65. The first-order chi connectivity index (χ1) is 13.7. The number of amides is 1. The molecule has 1 N–H and O–H groups in total. The highest BCUT2D eigenvalue weighted by atomic mass is 16.5. The molecule has 1 fully saturated rings. The molecule has 2 aromatic carbocycles. The second kappa shape index (κ2) is 9.99. The third kappa shape index (κ3) is 5.16. The summed E-state index contributed by atoms with van der Waals surface area (Å²) in [5.41, 5.74) is 2.24. The van der Waals surface area contributed by atoms with Crippen LogP contribution in [-0.2, 0) is 16.1 Å². The maximum atomic E-state index is 12.6. The van der Waals surface area contributed by atoms with E-state index in [1.54, 1.807) is 13.2 Å². The highest BCUT2D eigenvalue weighted by Crippen LogP contribution is 2.27. The summed E-state index contributed by atoms with van der Waals surface area (Å²) >= 11 is 0. The van der Waals surface area contributed by atoms with Gasteiger partial charge in [0.05, 0.1) is 20.3 Å². The molecule has 0 bridgehead atoms. The lowest BCUT2D eigenvalue weighted by molar-refractivity contribution is -0.128. The molecule has 0 aliphatic carbocycles. The normalized spacial score (nSPS) is 15.0. The van der Waals surface area contributed by atoms with E-state index in [1.165, 1.54) is 5.69 Å². The van der Waals surface area contributed by atoms with Crippen LogP contribution in [0.3, 0.4) is 0 Å². The molecule has 6 nitrogen and oxygen atoms in total. The SMILES string of the molecule is CC[C@@H](Oc1ccccc1OC)C(=O)NCc1ccc(N2CCOCC2)cc1. The van der Waals surface area contributed by atoms with Crippen molar-refractivity contribution in [3.8, 4) is 11.5 Å². The summed E-state index contributed by atoms with van der Waals surface area (Å²) < 4.78 is 16.6. The minimum absolute atomic E-state index is 0.134. The average Bonchev–Trinajstić information content (AvgIpc) is 2.77. The third-order valence-electron chi connectivity index (χ3n) is 4.78. The average molecular weight is 384 g/mol. The van der Waals surface area contributed by atoms with Crippen LogP contribution < -0.4 is 19.7 Å². The molecule has 0 spiro atoms. The Morgan fingerprint density at radius 1 is 1.11 bits per heavy atom. The van der Waals surface area contributed by atoms with Crippen molar-refractivity contribution in [2.45, 2.75) is 26.0 Å². The maximum absolute atomic E-state index is 12.6. The molecule has 28 heavy (non-hydrogen) atoms. The van der Waals surface area contributed by atoms with Crippen molar-refractivity contribution in [1.29, 1.82) is 0 Å². The summed E-state index contributed by atoms with van der Waals surface area (Å²) in [5, 5.41) is 2.97. The first kappa shape index (κ1) is 20.0. The zero-order chi connectivity index (χ0) is 19.8. The van der Waals surface area contributed by atoms with Crippen molar-refractivity contribution in [2.24, 2.45) is 0 Å². The number of ether oxygens (including phenoxy) is 3. The van der Waals surface area contributed by atoms with E-state index in [0.29, 0.717) is 24.5 Å². The molecule has 0 aromatic heterocycles. The van der Waals surface area contributed by atoms with E-state index >= 15 is 0 Å². The molecule has 0 saturated carbocycles. The number of carbonyl (C=O) groups is 1. The van der Waals surface area contributed by atoms with Crippen LogP contribution in [0.4, 0.5) is 5.69 Å². The standard InChI is InChI=1S/C22H28N2O4/c1-3-19(28-21-7-5-4-6-20(21)26-2)22(25)23-16-17-8-10-18(11-9-17)24-12-14-27-15-13-24/h4-11,19H,3,12-16H2,1-2H3,(H,23,25)/t19-/m1/s1. The summed E-state index contributed by atoms with van der Waals surface area (Å²) in [7, 11) is 1.59. The molecule has 1 amide bonds. The Morgan fingerprint density at radius 2 is 1.79 bits per heavy atom. The number of morpholine rings is 1. The van der Waals surface area contributed by atoms with Crippen molar-refractivity contribution in [3.05, 3.63) is 54.1 Å². The number of hydrogen-bond acceptors (Lipinski definition) is 5. The summed E-state index contributed by atoms with van der Waals surface area (Å²) in [6, 6.07) is 15.6. The van der Waals surface area contributed by atoms with E-state index in [2.05, 4.69) is 22.3 Å². The van der Waals surface area contributed by atoms with Gasteiger partial charge in [0.15, 0.2) is 17.6 Å². The van der Waals surface area contributed by atoms with Crippen molar-refractivity contribution < 1.29 is 19.0 Å². The summed E-state index contributed by atoms with van der Waals surface area (Å²) in [6.07, 6.45) is 0.00348. The van der Waals surface area contributed by atoms with Crippen LogP contribution in [0, 0.1) is 0 Å². The predicted molar refractivity (Wildman–Crippen MR) is 109 cm³/mol. The Balaban J connectivity index is 1.54. The van der Waals surface area contributed by atoms with E-state index in [0.717, 1.165) is 31.9 Å². The van der Waals surface area contributed by atoms with Gasteiger partial charge in [-0.2, -0.15) is 0 Å². The zero-order valence-electron chi connectivity index (χ0n) is 16.5. The van der Waals surface area contributed by atoms with Gasteiger partial charge in [-0.3, -0.25) is 4.79 Å². The van der Waals surface area contributed by atoms with Crippen molar-refractivity contribution in [1.82, 2.24) is 5.32 Å². The van der Waals surface area contributed by atoms with Crippen LogP contribution in [0.5, 0.6) is 11.5 Å². The fourth-order valence-electron chi connectivity index (χ4n) is 3.14. The number of hydrogen-bond donors (Lipinski definition) is 1. The van der Waals surface area contributed by atoms with E-state index in [9.17, 15) is 4.79 Å². The van der Waals surface area contributed by atoms with E-state index in [-0.39, 0.29) is 5.91 Å². The summed E-state index contributed by atoms with van der Waals surface area (Å²) in [5.74, 6) is 1.06. The number of anilines is 1. The Bertz CT molecular complexity index is 757. The molecule has 1 aliphatic rings. The minimum Gasteiger partial charge on any atom is -0.493 e. The van der Waals surface area contributed by atoms with Gasteiger partial charge in [0, 0.05) is 25.3 Å². The van der Waals surface area contributed by atoms with Crippen LogP contribution in [0.15, 0.2) is 48.5 Å². The fraction of sp³-hybridized carbons (Fsp3) is 0.409. The van der Waals surface area contributed by atoms with Gasteiger partial charge in [0.1, 0.15) is 0 Å². The van der Waals surface area contributed by atoms with Gasteiger partial charge in [-0.15, -0.1) is 0 Å². The Hall–Kier alpha value is -2.73. The summed E-state index contributed by atoms with van der Waals surface area (Å²) in [4.78, 5) is 14.9. The molecule has 1 aliphatic heterocycles. The fourth-order valence-corrected chi connectivity index (χ4v) is 3.14. The van der Waals surface area contributed by atoms with Gasteiger partial charge in [0.2, 0.25) is 0 Å². The minimum atomic E-state index is -0.566. The molecule has 6 heteroatoms. The smallest absolute Gasteiger partial charge is 0.261 e. The van der Waals surface area contributed by atoms with Gasteiger partial charge in [0.25, 0.3) is 5.91 Å².